The van der Waals surface area contributed by atoms with Crippen molar-refractivity contribution in [1.29, 1.82) is 0 Å². The van der Waals surface area contributed by atoms with E-state index < -0.39 is 5.41 Å². The van der Waals surface area contributed by atoms with E-state index in [4.69, 9.17) is 9.26 Å². The minimum Gasteiger partial charge on any atom is -0.385 e. The maximum Gasteiger partial charge on any atom is 0.317 e. The van der Waals surface area contributed by atoms with E-state index in [-0.39, 0.29) is 6.03 Å². The zero-order chi connectivity index (χ0) is 21.5. The van der Waals surface area contributed by atoms with Gasteiger partial charge >= 0.3 is 6.03 Å². The average Bonchev–Trinajstić information content (AvgIpc) is 3.34. The van der Waals surface area contributed by atoms with Crippen molar-refractivity contribution in [3.8, 4) is 11.5 Å². The van der Waals surface area contributed by atoms with Crippen molar-refractivity contribution < 1.29 is 14.1 Å². The van der Waals surface area contributed by atoms with Crippen LogP contribution in [-0.2, 0) is 16.7 Å². The van der Waals surface area contributed by atoms with Gasteiger partial charge in [-0.2, -0.15) is 4.98 Å². The number of piperidine rings is 1. The van der Waals surface area contributed by atoms with Gasteiger partial charge in [-0.15, -0.1) is 0 Å². The Morgan fingerprint density at radius 1 is 1.26 bits per heavy atom. The fraction of sp³-hybridized carbons (Fsp3) is 0.391. The van der Waals surface area contributed by atoms with Gasteiger partial charge in [0, 0.05) is 45.7 Å². The molecule has 2 aromatic heterocycles. The van der Waals surface area contributed by atoms with Crippen LogP contribution in [0, 0.1) is 0 Å². The lowest BCUT2D eigenvalue weighted by Crippen LogP contribution is -2.52. The van der Waals surface area contributed by atoms with Gasteiger partial charge in [0.15, 0.2) is 5.82 Å². The van der Waals surface area contributed by atoms with Crippen LogP contribution in [0.15, 0.2) is 59.4 Å². The first kappa shape index (κ1) is 21.0. The average molecular weight is 422 g/mol. The van der Waals surface area contributed by atoms with Crippen LogP contribution in [0.4, 0.5) is 4.79 Å². The topological polar surface area (TPSA) is 93.4 Å². The Balaban J connectivity index is 1.51. The van der Waals surface area contributed by atoms with Gasteiger partial charge in [-0.05, 0) is 37.0 Å². The number of amides is 2. The lowest BCUT2D eigenvalue weighted by molar-refractivity contribution is 0.106. The molecule has 0 radical (unpaired) electrons. The second-order valence-electron chi connectivity index (χ2n) is 7.86. The van der Waals surface area contributed by atoms with Crippen molar-refractivity contribution in [2.24, 2.45) is 0 Å². The molecular weight excluding hydrogens is 394 g/mol. The van der Waals surface area contributed by atoms with Crippen molar-refractivity contribution in [3.05, 3.63) is 66.2 Å². The van der Waals surface area contributed by atoms with Crippen molar-refractivity contribution in [3.63, 3.8) is 0 Å². The molecule has 1 aliphatic rings. The number of pyridine rings is 1. The minimum atomic E-state index is -0.414. The van der Waals surface area contributed by atoms with Gasteiger partial charge in [0.05, 0.1) is 11.0 Å². The highest BCUT2D eigenvalue weighted by molar-refractivity contribution is 5.74. The fourth-order valence-corrected chi connectivity index (χ4v) is 4.03. The van der Waals surface area contributed by atoms with Crippen LogP contribution < -0.4 is 5.32 Å². The third-order valence-corrected chi connectivity index (χ3v) is 5.74. The Labute approximate surface area is 181 Å². The maximum atomic E-state index is 12.9. The molecule has 0 saturated carbocycles. The number of benzene rings is 1. The molecule has 1 fully saturated rings. The number of carbonyl (C=O) groups excluding carboxylic acids is 1. The summed E-state index contributed by atoms with van der Waals surface area (Å²) in [6.45, 7) is 2.26. The fourth-order valence-electron chi connectivity index (χ4n) is 4.03. The molecule has 3 heterocycles. The quantitative estimate of drug-likeness (QED) is 0.628. The van der Waals surface area contributed by atoms with Crippen LogP contribution in [0.2, 0.25) is 0 Å². The standard InChI is InChI=1S/C23H27N5O3/c1-30-14-11-23(21-26-20(31-27-21)19-9-5-12-24-16-19)10-6-13-28(17-23)22(29)25-15-18-7-3-2-4-8-18/h2-5,7-9,12,16H,6,10-11,13-15,17H2,1H3,(H,25,29). The second kappa shape index (κ2) is 9.70. The Hall–Kier alpha value is -3.26. The van der Waals surface area contributed by atoms with Crippen LogP contribution in [0.1, 0.15) is 30.7 Å². The zero-order valence-corrected chi connectivity index (χ0v) is 17.7. The number of likely N-dealkylation sites (tertiary alicyclic amines) is 1. The summed E-state index contributed by atoms with van der Waals surface area (Å²) in [4.78, 5) is 23.6. The summed E-state index contributed by atoms with van der Waals surface area (Å²) in [6.07, 6.45) is 5.83. The maximum absolute atomic E-state index is 12.9. The SMILES string of the molecule is COCCC1(c2noc(-c3cccnc3)n2)CCCN(C(=O)NCc2ccccc2)C1. The molecule has 8 heteroatoms. The number of nitrogens with one attached hydrogen (secondary N) is 1. The molecule has 4 rings (SSSR count). The van der Waals surface area contributed by atoms with Gasteiger partial charge in [0.25, 0.3) is 5.89 Å². The Morgan fingerprint density at radius 3 is 2.90 bits per heavy atom. The molecule has 8 nitrogen and oxygen atoms in total. The van der Waals surface area contributed by atoms with E-state index >= 15 is 0 Å². The molecule has 1 N–H and O–H groups in total. The third-order valence-electron chi connectivity index (χ3n) is 5.74. The number of ether oxygens (including phenoxy) is 1. The lowest BCUT2D eigenvalue weighted by atomic mass is 9.76. The minimum absolute atomic E-state index is 0.0821. The predicted molar refractivity (Wildman–Crippen MR) is 115 cm³/mol. The molecule has 0 aliphatic carbocycles. The molecule has 0 spiro atoms. The highest BCUT2D eigenvalue weighted by atomic mass is 16.5. The number of aromatic nitrogens is 3. The second-order valence-corrected chi connectivity index (χ2v) is 7.86. The van der Waals surface area contributed by atoms with E-state index in [0.717, 1.165) is 24.0 Å². The monoisotopic (exact) mass is 421 g/mol. The molecule has 162 valence electrons. The van der Waals surface area contributed by atoms with E-state index in [9.17, 15) is 4.79 Å². The Kier molecular flexibility index (Phi) is 6.57. The molecule has 1 aromatic carbocycles. The van der Waals surface area contributed by atoms with Crippen molar-refractivity contribution in [2.45, 2.75) is 31.2 Å². The molecule has 1 saturated heterocycles. The largest absolute Gasteiger partial charge is 0.385 e. The van der Waals surface area contributed by atoms with E-state index in [1.807, 2.05) is 47.4 Å². The first-order chi connectivity index (χ1) is 15.2. The normalized spacial score (nSPS) is 18.7. The van der Waals surface area contributed by atoms with Gasteiger partial charge in [-0.1, -0.05) is 35.5 Å². The van der Waals surface area contributed by atoms with Gasteiger partial charge < -0.3 is 19.5 Å². The summed E-state index contributed by atoms with van der Waals surface area (Å²) in [5.74, 6) is 1.05. The van der Waals surface area contributed by atoms with Crippen molar-refractivity contribution in [2.75, 3.05) is 26.8 Å². The number of carbonyl (C=O) groups is 1. The van der Waals surface area contributed by atoms with E-state index in [2.05, 4.69) is 20.4 Å². The van der Waals surface area contributed by atoms with Crippen molar-refractivity contribution >= 4 is 6.03 Å². The molecule has 31 heavy (non-hydrogen) atoms. The number of nitrogens with zero attached hydrogens (tertiary/aromatic N) is 4. The molecule has 1 atom stereocenters. The Morgan fingerprint density at radius 2 is 2.13 bits per heavy atom. The molecule has 3 aromatic rings. The van der Waals surface area contributed by atoms with Gasteiger partial charge in [-0.25, -0.2) is 4.79 Å². The third kappa shape index (κ3) is 4.91. The van der Waals surface area contributed by atoms with Gasteiger partial charge in [0.2, 0.25) is 0 Å². The summed E-state index contributed by atoms with van der Waals surface area (Å²) in [5.41, 5.74) is 1.43. The highest BCUT2D eigenvalue weighted by Gasteiger charge is 2.42. The summed E-state index contributed by atoms with van der Waals surface area (Å²) in [6, 6.07) is 13.5. The van der Waals surface area contributed by atoms with E-state index in [1.54, 1.807) is 19.5 Å². The molecule has 1 aliphatic heterocycles. The first-order valence-electron chi connectivity index (χ1n) is 10.5. The number of hydrogen-bond acceptors (Lipinski definition) is 6. The summed E-state index contributed by atoms with van der Waals surface area (Å²) in [7, 11) is 1.68. The number of urea groups is 1. The first-order valence-corrected chi connectivity index (χ1v) is 10.5. The predicted octanol–water partition coefficient (Wildman–Crippen LogP) is 3.41. The van der Waals surface area contributed by atoms with Crippen LogP contribution >= 0.6 is 0 Å². The van der Waals surface area contributed by atoms with Gasteiger partial charge in [-0.3, -0.25) is 4.98 Å². The number of hydrogen-bond donors (Lipinski definition) is 1. The molecule has 0 bridgehead atoms. The smallest absolute Gasteiger partial charge is 0.317 e. The molecular formula is C23H27N5O3. The van der Waals surface area contributed by atoms with Crippen LogP contribution in [0.5, 0.6) is 0 Å². The van der Waals surface area contributed by atoms with Crippen LogP contribution in [0.3, 0.4) is 0 Å². The summed E-state index contributed by atoms with van der Waals surface area (Å²) < 4.78 is 10.9. The van der Waals surface area contributed by atoms with Gasteiger partial charge in [0.1, 0.15) is 0 Å². The van der Waals surface area contributed by atoms with Crippen LogP contribution in [0.25, 0.3) is 11.5 Å². The van der Waals surface area contributed by atoms with Crippen LogP contribution in [-0.4, -0.2) is 52.9 Å². The highest BCUT2D eigenvalue weighted by Crippen LogP contribution is 2.36. The number of rotatable bonds is 7. The van der Waals surface area contributed by atoms with E-state index in [0.29, 0.717) is 44.4 Å². The molecule has 2 amide bonds. The Bertz CT molecular complexity index is 979. The molecule has 1 unspecified atom stereocenters. The lowest BCUT2D eigenvalue weighted by Gasteiger charge is -2.40. The summed E-state index contributed by atoms with van der Waals surface area (Å²) in [5, 5.41) is 7.33. The van der Waals surface area contributed by atoms with E-state index in [1.165, 1.54) is 0 Å². The van der Waals surface area contributed by atoms with Crippen molar-refractivity contribution in [1.82, 2.24) is 25.3 Å². The number of methoxy groups -OCH3 is 1. The summed E-state index contributed by atoms with van der Waals surface area (Å²) >= 11 is 0. The zero-order valence-electron chi connectivity index (χ0n) is 17.7.